The van der Waals surface area contributed by atoms with E-state index in [-0.39, 0.29) is 18.1 Å². The summed E-state index contributed by atoms with van der Waals surface area (Å²) in [5.74, 6) is -0.0346. The Morgan fingerprint density at radius 2 is 2.26 bits per heavy atom. The summed E-state index contributed by atoms with van der Waals surface area (Å²) in [4.78, 5) is 12.0. The van der Waals surface area contributed by atoms with E-state index in [0.717, 1.165) is 30.6 Å². The van der Waals surface area contributed by atoms with Crippen LogP contribution < -0.4 is 5.32 Å². The molecule has 0 aromatic heterocycles. The Morgan fingerprint density at radius 1 is 1.42 bits per heavy atom. The van der Waals surface area contributed by atoms with Crippen molar-refractivity contribution in [1.29, 1.82) is 0 Å². The Balaban J connectivity index is 1.64. The van der Waals surface area contributed by atoms with Crippen molar-refractivity contribution in [2.75, 3.05) is 6.61 Å². The van der Waals surface area contributed by atoms with E-state index in [1.807, 2.05) is 24.3 Å². The lowest BCUT2D eigenvalue weighted by Crippen LogP contribution is -2.35. The molecular weight excluding hydrogens is 242 g/mol. The van der Waals surface area contributed by atoms with Gasteiger partial charge in [0.05, 0.1) is 24.7 Å². The Kier molecular flexibility index (Phi) is 3.53. The smallest absolute Gasteiger partial charge is 0.223 e. The van der Waals surface area contributed by atoms with Crippen LogP contribution in [-0.2, 0) is 16.0 Å². The van der Waals surface area contributed by atoms with Crippen LogP contribution in [0, 0.1) is 0 Å². The van der Waals surface area contributed by atoms with Crippen molar-refractivity contribution in [2.24, 2.45) is 0 Å². The average Bonchev–Trinajstić information content (AvgIpc) is 2.99. The third-order valence-electron chi connectivity index (χ3n) is 3.96. The highest BCUT2D eigenvalue weighted by molar-refractivity contribution is 5.77. The maximum Gasteiger partial charge on any atom is 0.223 e. The number of rotatable bonds is 3. The highest BCUT2D eigenvalue weighted by Gasteiger charge is 2.32. The summed E-state index contributed by atoms with van der Waals surface area (Å²) in [5.41, 5.74) is 2.16. The topological polar surface area (TPSA) is 58.6 Å². The summed E-state index contributed by atoms with van der Waals surface area (Å²) in [7, 11) is 0. The number of aliphatic hydroxyl groups is 1. The molecule has 0 saturated carbocycles. The number of amides is 1. The van der Waals surface area contributed by atoms with E-state index in [2.05, 4.69) is 5.32 Å². The van der Waals surface area contributed by atoms with Gasteiger partial charge in [-0.05, 0) is 24.0 Å². The minimum absolute atomic E-state index is 0.0346. The molecule has 1 aromatic carbocycles. The zero-order valence-corrected chi connectivity index (χ0v) is 10.8. The van der Waals surface area contributed by atoms with Gasteiger partial charge in [-0.1, -0.05) is 24.3 Å². The number of fused-ring (bicyclic) bond motifs is 1. The number of nitrogens with one attached hydrogen (secondary N) is 1. The van der Waals surface area contributed by atoms with Crippen LogP contribution in [0.4, 0.5) is 0 Å². The molecule has 1 saturated heterocycles. The third kappa shape index (κ3) is 2.65. The summed E-state index contributed by atoms with van der Waals surface area (Å²) in [6.07, 6.45) is 2.52. The molecule has 0 spiro atoms. The van der Waals surface area contributed by atoms with Crippen molar-refractivity contribution >= 4 is 5.91 Å². The molecule has 4 nitrogen and oxygen atoms in total. The van der Waals surface area contributed by atoms with E-state index in [4.69, 9.17) is 4.74 Å². The van der Waals surface area contributed by atoms with E-state index in [0.29, 0.717) is 12.8 Å². The average molecular weight is 261 g/mol. The third-order valence-corrected chi connectivity index (χ3v) is 3.96. The highest BCUT2D eigenvalue weighted by Crippen LogP contribution is 2.31. The van der Waals surface area contributed by atoms with Crippen molar-refractivity contribution in [1.82, 2.24) is 5.32 Å². The molecule has 3 rings (SSSR count). The van der Waals surface area contributed by atoms with Crippen LogP contribution in [0.1, 0.15) is 36.4 Å². The molecule has 3 atom stereocenters. The van der Waals surface area contributed by atoms with Crippen molar-refractivity contribution < 1.29 is 14.6 Å². The van der Waals surface area contributed by atoms with Gasteiger partial charge in [0.1, 0.15) is 0 Å². The maximum absolute atomic E-state index is 12.0. The Bertz CT molecular complexity index is 468. The molecule has 1 unspecified atom stereocenters. The van der Waals surface area contributed by atoms with Gasteiger partial charge in [0.2, 0.25) is 5.91 Å². The summed E-state index contributed by atoms with van der Waals surface area (Å²) >= 11 is 0. The molecular formula is C15H19NO3. The second kappa shape index (κ2) is 5.31. The lowest BCUT2D eigenvalue weighted by Gasteiger charge is -2.19. The maximum atomic E-state index is 12.0. The quantitative estimate of drug-likeness (QED) is 0.863. The van der Waals surface area contributed by atoms with Gasteiger partial charge in [-0.25, -0.2) is 0 Å². The molecule has 1 amide bonds. The van der Waals surface area contributed by atoms with Crippen molar-refractivity contribution in [3.05, 3.63) is 35.4 Å². The van der Waals surface area contributed by atoms with Crippen molar-refractivity contribution in [2.45, 2.75) is 43.9 Å². The van der Waals surface area contributed by atoms with E-state index < -0.39 is 6.10 Å². The van der Waals surface area contributed by atoms with Crippen LogP contribution in [0.5, 0.6) is 0 Å². The standard InChI is InChI=1S/C15H19NO3/c17-13-8-10-4-1-2-6-12(10)15(13)16-14(18)9-11-5-3-7-19-11/h1-2,4,6,11,13,15,17H,3,5,7-9H2,(H,16,18)/t11?,13-,15+/m0/s1. The Morgan fingerprint density at radius 3 is 3.05 bits per heavy atom. The summed E-state index contributed by atoms with van der Waals surface area (Å²) in [6, 6.07) is 7.61. The first-order chi connectivity index (χ1) is 9.24. The largest absolute Gasteiger partial charge is 0.390 e. The molecule has 2 aliphatic rings. The molecule has 2 N–H and O–H groups in total. The van der Waals surface area contributed by atoms with E-state index in [1.165, 1.54) is 0 Å². The SMILES string of the molecule is O=C(CC1CCCO1)N[C@@H]1c2ccccc2C[C@@H]1O. The number of aliphatic hydroxyl groups excluding tert-OH is 1. The van der Waals surface area contributed by atoms with Crippen LogP contribution in [0.15, 0.2) is 24.3 Å². The van der Waals surface area contributed by atoms with Crippen molar-refractivity contribution in [3.63, 3.8) is 0 Å². The lowest BCUT2D eigenvalue weighted by molar-refractivity contribution is -0.124. The summed E-state index contributed by atoms with van der Waals surface area (Å²) in [5, 5.41) is 13.0. The van der Waals surface area contributed by atoms with Crippen LogP contribution in [0.2, 0.25) is 0 Å². The zero-order chi connectivity index (χ0) is 13.2. The monoisotopic (exact) mass is 261 g/mol. The summed E-state index contributed by atoms with van der Waals surface area (Å²) in [6.45, 7) is 0.757. The van der Waals surface area contributed by atoms with Gasteiger partial charge in [-0.2, -0.15) is 0 Å². The number of hydrogen-bond acceptors (Lipinski definition) is 3. The Labute approximate surface area is 112 Å². The number of carbonyl (C=O) groups is 1. The minimum Gasteiger partial charge on any atom is -0.390 e. The fourth-order valence-corrected chi connectivity index (χ4v) is 2.99. The van der Waals surface area contributed by atoms with Gasteiger partial charge in [0, 0.05) is 13.0 Å². The van der Waals surface area contributed by atoms with Gasteiger partial charge in [-0.3, -0.25) is 4.79 Å². The predicted molar refractivity (Wildman–Crippen MR) is 70.6 cm³/mol. The second-order valence-corrected chi connectivity index (χ2v) is 5.35. The normalized spacial score (nSPS) is 29.2. The van der Waals surface area contributed by atoms with Crippen LogP contribution in [0.25, 0.3) is 0 Å². The molecule has 0 radical (unpaired) electrons. The molecule has 19 heavy (non-hydrogen) atoms. The van der Waals surface area contributed by atoms with Crippen LogP contribution in [0.3, 0.4) is 0 Å². The van der Waals surface area contributed by atoms with E-state index in [1.54, 1.807) is 0 Å². The highest BCUT2D eigenvalue weighted by atomic mass is 16.5. The summed E-state index contributed by atoms with van der Waals surface area (Å²) < 4.78 is 5.46. The zero-order valence-electron chi connectivity index (χ0n) is 10.8. The number of hydrogen-bond donors (Lipinski definition) is 2. The van der Waals surface area contributed by atoms with Gasteiger partial charge >= 0.3 is 0 Å². The molecule has 4 heteroatoms. The van der Waals surface area contributed by atoms with E-state index >= 15 is 0 Å². The molecule has 1 aromatic rings. The Hall–Kier alpha value is -1.39. The predicted octanol–water partition coefficient (Wildman–Crippen LogP) is 1.33. The molecule has 1 heterocycles. The first-order valence-electron chi connectivity index (χ1n) is 6.91. The fraction of sp³-hybridized carbons (Fsp3) is 0.533. The number of ether oxygens (including phenoxy) is 1. The van der Waals surface area contributed by atoms with Gasteiger partial charge < -0.3 is 15.2 Å². The van der Waals surface area contributed by atoms with Gasteiger partial charge in [0.15, 0.2) is 0 Å². The van der Waals surface area contributed by atoms with Gasteiger partial charge in [-0.15, -0.1) is 0 Å². The molecule has 1 aliphatic carbocycles. The first kappa shape index (κ1) is 12.6. The fourth-order valence-electron chi connectivity index (χ4n) is 2.99. The minimum atomic E-state index is -0.522. The molecule has 1 aliphatic heterocycles. The van der Waals surface area contributed by atoms with Crippen molar-refractivity contribution in [3.8, 4) is 0 Å². The second-order valence-electron chi connectivity index (χ2n) is 5.35. The first-order valence-corrected chi connectivity index (χ1v) is 6.91. The van der Waals surface area contributed by atoms with E-state index in [9.17, 15) is 9.90 Å². The number of carbonyl (C=O) groups excluding carboxylic acids is 1. The van der Waals surface area contributed by atoms with Crippen LogP contribution >= 0.6 is 0 Å². The number of benzene rings is 1. The molecule has 1 fully saturated rings. The molecule has 102 valence electrons. The lowest BCUT2D eigenvalue weighted by atomic mass is 10.1. The van der Waals surface area contributed by atoms with Gasteiger partial charge in [0.25, 0.3) is 0 Å². The molecule has 0 bridgehead atoms. The van der Waals surface area contributed by atoms with Crippen LogP contribution in [-0.4, -0.2) is 29.8 Å².